The summed E-state index contributed by atoms with van der Waals surface area (Å²) in [6, 6.07) is 5.99. The van der Waals surface area contributed by atoms with Gasteiger partial charge in [0.1, 0.15) is 17.8 Å². The average Bonchev–Trinajstić information content (AvgIpc) is 3.49. The number of ether oxygens (including phenoxy) is 2. The minimum Gasteiger partial charge on any atom is -0.497 e. The summed E-state index contributed by atoms with van der Waals surface area (Å²) < 4.78 is 20.2. The highest BCUT2D eigenvalue weighted by atomic mass is 16.5. The van der Waals surface area contributed by atoms with Crippen LogP contribution in [0.15, 0.2) is 35.2 Å². The molecule has 160 valence electrons. The molecular formula is C22H24N6O3. The standard InChI is InChI=1S/C22H24N6O3/c1-13(2)22-24-21(26-31-22)20-18-9-14-11-27(7-8-29-3)25-19(14)16-10-15(30-4)5-6-17(16)28(18)12-23-20/h5-6,10-13H,7-9H2,1-4H3. The molecule has 9 heteroatoms. The lowest BCUT2D eigenvalue weighted by Crippen LogP contribution is -2.05. The molecular weight excluding hydrogens is 396 g/mol. The lowest BCUT2D eigenvalue weighted by molar-refractivity contribution is 0.183. The topological polar surface area (TPSA) is 93.0 Å². The Morgan fingerprint density at radius 2 is 2.06 bits per heavy atom. The number of hydrogen-bond donors (Lipinski definition) is 0. The fourth-order valence-electron chi connectivity index (χ4n) is 3.84. The third-order valence-corrected chi connectivity index (χ3v) is 5.45. The molecule has 0 spiro atoms. The molecule has 0 saturated heterocycles. The molecule has 0 radical (unpaired) electrons. The van der Waals surface area contributed by atoms with Gasteiger partial charge in [0.25, 0.3) is 0 Å². The normalized spacial score (nSPS) is 12.4. The molecule has 4 heterocycles. The second-order valence-corrected chi connectivity index (χ2v) is 7.84. The number of nitrogens with zero attached hydrogens (tertiary/aromatic N) is 6. The van der Waals surface area contributed by atoms with Crippen molar-refractivity contribution in [3.8, 4) is 34.2 Å². The van der Waals surface area contributed by atoms with E-state index in [0.717, 1.165) is 39.6 Å². The minimum absolute atomic E-state index is 0.154. The number of methoxy groups -OCH3 is 2. The van der Waals surface area contributed by atoms with Crippen LogP contribution in [-0.4, -0.2) is 50.3 Å². The van der Waals surface area contributed by atoms with Crippen molar-refractivity contribution in [1.29, 1.82) is 0 Å². The van der Waals surface area contributed by atoms with Gasteiger partial charge >= 0.3 is 0 Å². The number of hydrogen-bond acceptors (Lipinski definition) is 7. The fourth-order valence-corrected chi connectivity index (χ4v) is 3.84. The van der Waals surface area contributed by atoms with E-state index in [0.29, 0.717) is 31.3 Å². The van der Waals surface area contributed by atoms with E-state index in [1.807, 2.05) is 43.1 Å². The Bertz CT molecular complexity index is 1240. The minimum atomic E-state index is 0.154. The van der Waals surface area contributed by atoms with Gasteiger partial charge in [0.15, 0.2) is 0 Å². The maximum atomic E-state index is 5.48. The van der Waals surface area contributed by atoms with Crippen molar-refractivity contribution < 1.29 is 14.0 Å². The van der Waals surface area contributed by atoms with Gasteiger partial charge in [-0.1, -0.05) is 19.0 Å². The lowest BCUT2D eigenvalue weighted by Gasteiger charge is -2.11. The number of rotatable bonds is 6. The van der Waals surface area contributed by atoms with E-state index in [1.165, 1.54) is 0 Å². The molecule has 0 saturated carbocycles. The van der Waals surface area contributed by atoms with Crippen LogP contribution in [0.1, 0.15) is 36.9 Å². The quantitative estimate of drug-likeness (QED) is 0.415. The second kappa shape index (κ2) is 7.66. The van der Waals surface area contributed by atoms with Crippen molar-refractivity contribution in [2.45, 2.75) is 32.7 Å². The lowest BCUT2D eigenvalue weighted by atomic mass is 10.0. The Kier molecular flexibility index (Phi) is 4.82. The van der Waals surface area contributed by atoms with Gasteiger partial charge in [0, 0.05) is 36.8 Å². The number of benzene rings is 1. The molecule has 1 aliphatic rings. The Morgan fingerprint density at radius 3 is 2.81 bits per heavy atom. The highest BCUT2D eigenvalue weighted by Gasteiger charge is 2.27. The Labute approximate surface area is 179 Å². The van der Waals surface area contributed by atoms with E-state index >= 15 is 0 Å². The van der Waals surface area contributed by atoms with Crippen LogP contribution in [0.4, 0.5) is 0 Å². The summed E-state index contributed by atoms with van der Waals surface area (Å²) in [5.41, 5.74) is 5.71. The van der Waals surface area contributed by atoms with E-state index < -0.39 is 0 Å². The van der Waals surface area contributed by atoms with Gasteiger partial charge in [-0.05, 0) is 18.2 Å². The van der Waals surface area contributed by atoms with Crippen LogP contribution in [0.5, 0.6) is 5.75 Å². The van der Waals surface area contributed by atoms with Gasteiger partial charge in [0.2, 0.25) is 11.7 Å². The molecule has 31 heavy (non-hydrogen) atoms. The van der Waals surface area contributed by atoms with Crippen molar-refractivity contribution in [3.05, 3.63) is 47.9 Å². The third kappa shape index (κ3) is 3.31. The van der Waals surface area contributed by atoms with Crippen LogP contribution >= 0.6 is 0 Å². The maximum Gasteiger partial charge on any atom is 0.229 e. The first-order valence-electron chi connectivity index (χ1n) is 10.2. The highest BCUT2D eigenvalue weighted by molar-refractivity contribution is 5.77. The van der Waals surface area contributed by atoms with Gasteiger partial charge in [0.05, 0.1) is 37.3 Å². The smallest absolute Gasteiger partial charge is 0.229 e. The van der Waals surface area contributed by atoms with Crippen molar-refractivity contribution in [1.82, 2.24) is 29.5 Å². The molecule has 1 aliphatic heterocycles. The summed E-state index contributed by atoms with van der Waals surface area (Å²) in [7, 11) is 3.36. The zero-order valence-corrected chi connectivity index (χ0v) is 18.0. The predicted molar refractivity (Wildman–Crippen MR) is 113 cm³/mol. The van der Waals surface area contributed by atoms with Crippen LogP contribution in [0, 0.1) is 0 Å². The summed E-state index contributed by atoms with van der Waals surface area (Å²) in [4.78, 5) is 9.22. The average molecular weight is 420 g/mol. The molecule has 0 amide bonds. The molecule has 9 nitrogen and oxygen atoms in total. The van der Waals surface area contributed by atoms with Gasteiger partial charge < -0.3 is 18.6 Å². The molecule has 5 rings (SSSR count). The monoisotopic (exact) mass is 420 g/mol. The van der Waals surface area contributed by atoms with Gasteiger partial charge in [-0.2, -0.15) is 10.1 Å². The predicted octanol–water partition coefficient (Wildman–Crippen LogP) is 3.47. The molecule has 0 atom stereocenters. The van der Waals surface area contributed by atoms with E-state index in [1.54, 1.807) is 14.2 Å². The molecule has 3 aromatic heterocycles. The molecule has 0 bridgehead atoms. The summed E-state index contributed by atoms with van der Waals surface area (Å²) >= 11 is 0. The zero-order chi connectivity index (χ0) is 21.5. The first-order valence-corrected chi connectivity index (χ1v) is 10.2. The molecule has 0 N–H and O–H groups in total. The van der Waals surface area contributed by atoms with E-state index in [9.17, 15) is 0 Å². The summed E-state index contributed by atoms with van der Waals surface area (Å²) in [6.07, 6.45) is 4.52. The Morgan fingerprint density at radius 1 is 1.19 bits per heavy atom. The summed E-state index contributed by atoms with van der Waals surface area (Å²) in [5.74, 6) is 2.03. The molecule has 0 unspecified atom stereocenters. The number of fused-ring (bicyclic) bond motifs is 5. The van der Waals surface area contributed by atoms with Gasteiger partial charge in [-0.3, -0.25) is 4.68 Å². The van der Waals surface area contributed by atoms with E-state index in [-0.39, 0.29) is 5.92 Å². The Hall–Kier alpha value is -3.46. The highest BCUT2D eigenvalue weighted by Crippen LogP contribution is 2.38. The molecule has 4 aromatic rings. The third-order valence-electron chi connectivity index (χ3n) is 5.45. The van der Waals surface area contributed by atoms with Crippen LogP contribution in [0.25, 0.3) is 28.5 Å². The van der Waals surface area contributed by atoms with E-state index in [2.05, 4.69) is 25.9 Å². The second-order valence-electron chi connectivity index (χ2n) is 7.84. The van der Waals surface area contributed by atoms with E-state index in [4.69, 9.17) is 19.1 Å². The first kappa shape index (κ1) is 19.5. The fraction of sp³-hybridized carbons (Fsp3) is 0.364. The summed E-state index contributed by atoms with van der Waals surface area (Å²) in [6.45, 7) is 5.32. The number of imidazole rings is 1. The molecule has 0 fully saturated rings. The molecule has 1 aromatic carbocycles. The van der Waals surface area contributed by atoms with Crippen LogP contribution < -0.4 is 4.74 Å². The molecule has 0 aliphatic carbocycles. The maximum absolute atomic E-state index is 5.48. The largest absolute Gasteiger partial charge is 0.497 e. The van der Waals surface area contributed by atoms with Crippen LogP contribution in [-0.2, 0) is 17.7 Å². The van der Waals surface area contributed by atoms with Gasteiger partial charge in [-0.15, -0.1) is 0 Å². The van der Waals surface area contributed by atoms with Crippen LogP contribution in [0.3, 0.4) is 0 Å². The first-order chi connectivity index (χ1) is 15.1. The van der Waals surface area contributed by atoms with Crippen molar-refractivity contribution in [2.24, 2.45) is 0 Å². The van der Waals surface area contributed by atoms with Crippen molar-refractivity contribution in [3.63, 3.8) is 0 Å². The van der Waals surface area contributed by atoms with Crippen LogP contribution in [0.2, 0.25) is 0 Å². The summed E-state index contributed by atoms with van der Waals surface area (Å²) in [5, 5.41) is 9.04. The Balaban J connectivity index is 1.68. The number of aromatic nitrogens is 6. The van der Waals surface area contributed by atoms with Gasteiger partial charge in [-0.25, -0.2) is 4.98 Å². The van der Waals surface area contributed by atoms with Crippen molar-refractivity contribution in [2.75, 3.05) is 20.8 Å². The SMILES string of the molecule is COCCn1cc2c(n1)-c1cc(OC)ccc1-n1cnc(-c3noc(C(C)C)n3)c1C2. The van der Waals surface area contributed by atoms with Crippen molar-refractivity contribution >= 4 is 0 Å². The zero-order valence-electron chi connectivity index (χ0n) is 18.0.